The number of rotatable bonds is 3. The van der Waals surface area contributed by atoms with Crippen molar-refractivity contribution < 1.29 is 39.6 Å². The predicted octanol–water partition coefficient (Wildman–Crippen LogP) is -0.0434. The molecule has 0 spiro atoms. The van der Waals surface area contributed by atoms with Crippen LogP contribution in [0, 0.1) is 11.8 Å². The summed E-state index contributed by atoms with van der Waals surface area (Å²) in [5, 5.41) is 42.7. The highest BCUT2D eigenvalue weighted by atomic mass is 16.4. The van der Waals surface area contributed by atoms with Crippen LogP contribution in [0.15, 0.2) is 35.1 Å². The maximum absolute atomic E-state index is 13.6. The number of carboxylic acids is 1. The van der Waals surface area contributed by atoms with E-state index < -0.39 is 64.0 Å². The van der Waals surface area contributed by atoms with E-state index >= 15 is 0 Å². The van der Waals surface area contributed by atoms with E-state index in [0.717, 1.165) is 0 Å². The second kappa shape index (κ2) is 7.01. The molecular weight excluding hydrogens is 420 g/mol. The molecule has 0 heterocycles. The maximum atomic E-state index is 13.6. The minimum atomic E-state index is -2.68. The van der Waals surface area contributed by atoms with Gasteiger partial charge < -0.3 is 26.2 Å². The first-order chi connectivity index (χ1) is 14.9. The summed E-state index contributed by atoms with van der Waals surface area (Å²) in [6.07, 6.45) is 0.207. The van der Waals surface area contributed by atoms with Gasteiger partial charge in [0.05, 0.1) is 11.6 Å². The Morgan fingerprint density at radius 1 is 1.19 bits per heavy atom. The molecule has 32 heavy (non-hydrogen) atoms. The molecule has 4 atom stereocenters. The average Bonchev–Trinajstić information content (AvgIpc) is 2.69. The Labute approximate surface area is 182 Å². The van der Waals surface area contributed by atoms with Crippen LogP contribution in [0.1, 0.15) is 27.9 Å². The fourth-order valence-electron chi connectivity index (χ4n) is 5.38. The third-order valence-corrected chi connectivity index (χ3v) is 6.71. The second-order valence-corrected chi connectivity index (χ2v) is 8.61. The summed E-state index contributed by atoms with van der Waals surface area (Å²) < 4.78 is 0. The van der Waals surface area contributed by atoms with Gasteiger partial charge in [0.2, 0.25) is 5.78 Å². The van der Waals surface area contributed by atoms with Gasteiger partial charge in [-0.3, -0.25) is 19.3 Å². The minimum absolute atomic E-state index is 0.0169. The highest BCUT2D eigenvalue weighted by molar-refractivity contribution is 6.24. The van der Waals surface area contributed by atoms with E-state index in [4.69, 9.17) is 5.73 Å². The molecule has 1 amide bonds. The number of ketones is 2. The fraction of sp³-hybridized carbons (Fsp3) is 0.364. The predicted molar refractivity (Wildman–Crippen MR) is 110 cm³/mol. The SMILES string of the molecule is CN(C)[C@@H]1C(=O)C(C(N)=O)=C(O)[C@@]2(O)C(=O)C3=C(O)c4c(cccc4C(=O)O)C[C@H]3C[C@@H]12. The molecule has 168 valence electrons. The molecule has 1 saturated carbocycles. The number of carbonyl (C=O) groups is 4. The number of amides is 1. The highest BCUT2D eigenvalue weighted by Crippen LogP contribution is 2.51. The number of aliphatic hydroxyl groups is 3. The summed E-state index contributed by atoms with van der Waals surface area (Å²) in [4.78, 5) is 51.6. The van der Waals surface area contributed by atoms with Crippen LogP contribution in [-0.2, 0) is 20.8 Å². The van der Waals surface area contributed by atoms with Gasteiger partial charge >= 0.3 is 5.97 Å². The van der Waals surface area contributed by atoms with Crippen molar-refractivity contribution in [2.24, 2.45) is 17.6 Å². The van der Waals surface area contributed by atoms with E-state index in [1.54, 1.807) is 6.07 Å². The third kappa shape index (κ3) is 2.66. The molecular formula is C22H22N2O8. The second-order valence-electron chi connectivity index (χ2n) is 8.61. The number of hydrogen-bond donors (Lipinski definition) is 5. The lowest BCUT2D eigenvalue weighted by atomic mass is 9.57. The lowest BCUT2D eigenvalue weighted by Crippen LogP contribution is -2.65. The van der Waals surface area contributed by atoms with Gasteiger partial charge in [-0.2, -0.15) is 0 Å². The maximum Gasteiger partial charge on any atom is 0.336 e. The van der Waals surface area contributed by atoms with Gasteiger partial charge in [-0.25, -0.2) is 4.79 Å². The van der Waals surface area contributed by atoms with Crippen molar-refractivity contribution in [1.29, 1.82) is 0 Å². The van der Waals surface area contributed by atoms with Crippen LogP contribution in [0.25, 0.3) is 5.76 Å². The Hall–Kier alpha value is -3.50. The number of carbonyl (C=O) groups excluding carboxylic acids is 3. The Bertz CT molecular complexity index is 1160. The summed E-state index contributed by atoms with van der Waals surface area (Å²) in [6, 6.07) is 3.32. The van der Waals surface area contributed by atoms with Gasteiger partial charge in [-0.15, -0.1) is 0 Å². The lowest BCUT2D eigenvalue weighted by molar-refractivity contribution is -0.153. The summed E-state index contributed by atoms with van der Waals surface area (Å²) in [5.74, 6) is -7.98. The lowest BCUT2D eigenvalue weighted by Gasteiger charge is -2.50. The van der Waals surface area contributed by atoms with Crippen LogP contribution >= 0.6 is 0 Å². The Morgan fingerprint density at radius 2 is 1.84 bits per heavy atom. The largest absolute Gasteiger partial charge is 0.508 e. The molecule has 1 aromatic rings. The van der Waals surface area contributed by atoms with Crippen LogP contribution < -0.4 is 5.73 Å². The van der Waals surface area contributed by atoms with Crippen molar-refractivity contribution in [2.45, 2.75) is 24.5 Å². The Morgan fingerprint density at radius 3 is 2.41 bits per heavy atom. The zero-order valence-electron chi connectivity index (χ0n) is 17.3. The topological polar surface area (TPSA) is 178 Å². The number of Topliss-reactive ketones (excluding diaryl/α,β-unsaturated/α-hetero) is 2. The molecule has 1 fully saturated rings. The zero-order valence-corrected chi connectivity index (χ0v) is 17.3. The van der Waals surface area contributed by atoms with Gasteiger partial charge in [0, 0.05) is 17.1 Å². The number of fused-ring (bicyclic) bond motifs is 3. The number of hydrogen-bond acceptors (Lipinski definition) is 8. The van der Waals surface area contributed by atoms with Crippen LogP contribution in [0.4, 0.5) is 0 Å². The molecule has 0 unspecified atom stereocenters. The number of nitrogens with two attached hydrogens (primary N) is 1. The third-order valence-electron chi connectivity index (χ3n) is 6.71. The van der Waals surface area contributed by atoms with Gasteiger partial charge in [0.15, 0.2) is 11.4 Å². The van der Waals surface area contributed by atoms with Crippen molar-refractivity contribution in [2.75, 3.05) is 14.1 Å². The number of carboxylic acid groups (broad SMARTS) is 1. The summed E-state index contributed by atoms with van der Waals surface area (Å²) in [5.41, 5.74) is 1.75. The first-order valence-corrected chi connectivity index (χ1v) is 9.92. The first-order valence-electron chi connectivity index (χ1n) is 9.92. The summed E-state index contributed by atoms with van der Waals surface area (Å²) in [6.45, 7) is 0. The molecule has 3 aliphatic carbocycles. The molecule has 4 rings (SSSR count). The quantitative estimate of drug-likeness (QED) is 0.402. The van der Waals surface area contributed by atoms with Gasteiger partial charge in [0.25, 0.3) is 5.91 Å². The molecule has 0 saturated heterocycles. The highest BCUT2D eigenvalue weighted by Gasteiger charge is 2.64. The van der Waals surface area contributed by atoms with E-state index in [9.17, 15) is 39.6 Å². The molecule has 10 nitrogen and oxygen atoms in total. The summed E-state index contributed by atoms with van der Waals surface area (Å²) >= 11 is 0. The van der Waals surface area contributed by atoms with Crippen LogP contribution in [-0.4, -0.2) is 74.5 Å². The molecule has 0 aromatic heterocycles. The number of likely N-dealkylation sites (N-methyl/N-ethyl adjacent to an activating group) is 1. The molecule has 0 bridgehead atoms. The van der Waals surface area contributed by atoms with Crippen LogP contribution in [0.3, 0.4) is 0 Å². The molecule has 6 N–H and O–H groups in total. The molecule has 3 aliphatic rings. The Kier molecular flexibility index (Phi) is 4.76. The van der Waals surface area contributed by atoms with Gasteiger partial charge in [-0.05, 0) is 44.5 Å². The number of benzene rings is 1. The van der Waals surface area contributed by atoms with Gasteiger partial charge in [-0.1, -0.05) is 12.1 Å². The number of nitrogens with zero attached hydrogens (tertiary/aromatic N) is 1. The number of aromatic carboxylic acids is 1. The van der Waals surface area contributed by atoms with Crippen molar-refractivity contribution in [3.05, 3.63) is 51.8 Å². The smallest absolute Gasteiger partial charge is 0.336 e. The average molecular weight is 442 g/mol. The standard InChI is InChI=1S/C22H22N2O8/c1-24(2)15-11-7-9-6-8-4-3-5-10(21(30)31)12(8)16(25)13(9)18(27)22(11,32)19(28)14(17(15)26)20(23)29/h3-5,9,11,15,25,28,32H,6-7H2,1-2H3,(H2,23,29)(H,30,31)/t9-,11-,15-,22-/m0/s1. The van der Waals surface area contributed by atoms with Crippen LogP contribution in [0.5, 0.6) is 0 Å². The zero-order chi connectivity index (χ0) is 23.7. The number of primary amides is 1. The normalized spacial score (nSPS) is 29.6. The molecule has 1 aromatic carbocycles. The minimum Gasteiger partial charge on any atom is -0.508 e. The molecule has 0 radical (unpaired) electrons. The fourth-order valence-corrected chi connectivity index (χ4v) is 5.38. The van der Waals surface area contributed by atoms with E-state index in [0.29, 0.717) is 5.56 Å². The summed E-state index contributed by atoms with van der Waals surface area (Å²) in [7, 11) is 3.07. The number of aliphatic hydroxyl groups excluding tert-OH is 2. The van der Waals surface area contributed by atoms with E-state index in [1.807, 2.05) is 0 Å². The van der Waals surface area contributed by atoms with Crippen LogP contribution in [0.2, 0.25) is 0 Å². The van der Waals surface area contributed by atoms with Crippen molar-refractivity contribution in [1.82, 2.24) is 4.90 Å². The van der Waals surface area contributed by atoms with E-state index in [-0.39, 0.29) is 29.5 Å². The van der Waals surface area contributed by atoms with Gasteiger partial charge in [0.1, 0.15) is 17.1 Å². The van der Waals surface area contributed by atoms with Crippen molar-refractivity contribution in [3.63, 3.8) is 0 Å². The van der Waals surface area contributed by atoms with Crippen molar-refractivity contribution in [3.8, 4) is 0 Å². The first kappa shape index (κ1) is 21.7. The van der Waals surface area contributed by atoms with Crippen molar-refractivity contribution >= 4 is 29.2 Å². The van der Waals surface area contributed by atoms with E-state index in [2.05, 4.69) is 0 Å². The molecule has 0 aliphatic heterocycles. The van der Waals surface area contributed by atoms with E-state index in [1.165, 1.54) is 31.1 Å². The molecule has 10 heteroatoms. The Balaban J connectivity index is 1.99. The monoisotopic (exact) mass is 442 g/mol.